The van der Waals surface area contributed by atoms with Crippen molar-refractivity contribution in [3.8, 4) is 6.07 Å². The number of nitriles is 1. The average molecular weight is 332 g/mol. The number of carbonyl (C=O) groups is 1. The number of benzene rings is 2. The highest BCUT2D eigenvalue weighted by molar-refractivity contribution is 6.31. The van der Waals surface area contributed by atoms with Gasteiger partial charge in [0, 0.05) is 27.6 Å². The Hall–Kier alpha value is -2.48. The molecule has 0 spiro atoms. The zero-order valence-corrected chi connectivity index (χ0v) is 12.8. The number of amides is 1. The second-order valence-corrected chi connectivity index (χ2v) is 5.16. The lowest BCUT2D eigenvalue weighted by atomic mass is 10.2. The summed E-state index contributed by atoms with van der Waals surface area (Å²) < 4.78 is 0. The van der Waals surface area contributed by atoms with Gasteiger partial charge in [-0.25, -0.2) is 0 Å². The second-order valence-electron chi connectivity index (χ2n) is 4.29. The van der Waals surface area contributed by atoms with E-state index >= 15 is 0 Å². The molecule has 0 aliphatic rings. The first kappa shape index (κ1) is 15.9. The molecule has 0 aliphatic carbocycles. The third kappa shape index (κ3) is 4.52. The minimum Gasteiger partial charge on any atom is -0.360 e. The van der Waals surface area contributed by atoms with Gasteiger partial charge in [0.25, 0.3) is 5.91 Å². The molecule has 0 heterocycles. The van der Waals surface area contributed by atoms with Gasteiger partial charge in [0.05, 0.1) is 0 Å². The fourth-order valence-electron chi connectivity index (χ4n) is 1.65. The van der Waals surface area contributed by atoms with E-state index in [1.807, 2.05) is 6.07 Å². The molecule has 0 saturated carbocycles. The number of rotatable bonds is 4. The van der Waals surface area contributed by atoms with Crippen molar-refractivity contribution in [3.63, 3.8) is 0 Å². The second kappa shape index (κ2) is 7.51. The van der Waals surface area contributed by atoms with Crippen LogP contribution in [-0.2, 0) is 4.79 Å². The average Bonchev–Trinajstić information content (AvgIpc) is 2.48. The minimum atomic E-state index is -0.528. The predicted molar refractivity (Wildman–Crippen MR) is 88.9 cm³/mol. The van der Waals surface area contributed by atoms with Crippen LogP contribution in [0.1, 0.15) is 0 Å². The number of anilines is 2. The SMILES string of the molecule is N#C/C(=C/Nc1cccc(Cl)c1)C(=O)Nc1cccc(Cl)c1. The van der Waals surface area contributed by atoms with Crippen LogP contribution in [0.15, 0.2) is 60.3 Å². The van der Waals surface area contributed by atoms with Crippen LogP contribution < -0.4 is 10.6 Å². The number of carbonyl (C=O) groups excluding carboxylic acids is 1. The lowest BCUT2D eigenvalue weighted by molar-refractivity contribution is -0.112. The van der Waals surface area contributed by atoms with Crippen molar-refractivity contribution in [2.24, 2.45) is 0 Å². The highest BCUT2D eigenvalue weighted by Gasteiger charge is 2.09. The van der Waals surface area contributed by atoms with Crippen LogP contribution in [0.3, 0.4) is 0 Å². The van der Waals surface area contributed by atoms with Crippen molar-refractivity contribution >= 4 is 40.5 Å². The quantitative estimate of drug-likeness (QED) is 0.642. The molecule has 0 radical (unpaired) electrons. The Kier molecular flexibility index (Phi) is 5.42. The molecule has 0 bridgehead atoms. The molecule has 0 aromatic heterocycles. The zero-order chi connectivity index (χ0) is 15.9. The molecule has 4 nitrogen and oxygen atoms in total. The van der Waals surface area contributed by atoms with Crippen LogP contribution >= 0.6 is 23.2 Å². The van der Waals surface area contributed by atoms with Gasteiger partial charge < -0.3 is 10.6 Å². The molecule has 2 aromatic carbocycles. The predicted octanol–water partition coefficient (Wildman–Crippen LogP) is 4.45. The van der Waals surface area contributed by atoms with E-state index in [9.17, 15) is 4.79 Å². The van der Waals surface area contributed by atoms with E-state index in [1.165, 1.54) is 6.20 Å². The van der Waals surface area contributed by atoms with Crippen LogP contribution in [0.4, 0.5) is 11.4 Å². The van der Waals surface area contributed by atoms with Crippen molar-refractivity contribution in [3.05, 3.63) is 70.3 Å². The number of hydrogen-bond acceptors (Lipinski definition) is 3. The van der Waals surface area contributed by atoms with Crippen LogP contribution in [-0.4, -0.2) is 5.91 Å². The monoisotopic (exact) mass is 331 g/mol. The molecule has 110 valence electrons. The largest absolute Gasteiger partial charge is 0.360 e. The Bertz CT molecular complexity index is 766. The molecule has 2 aromatic rings. The lowest BCUT2D eigenvalue weighted by Crippen LogP contribution is -2.14. The zero-order valence-electron chi connectivity index (χ0n) is 11.3. The maximum atomic E-state index is 12.0. The summed E-state index contributed by atoms with van der Waals surface area (Å²) in [6.07, 6.45) is 1.32. The maximum Gasteiger partial charge on any atom is 0.267 e. The van der Waals surface area contributed by atoms with E-state index in [2.05, 4.69) is 10.6 Å². The Morgan fingerprint density at radius 2 is 1.64 bits per heavy atom. The molecule has 0 atom stereocenters. The van der Waals surface area contributed by atoms with Gasteiger partial charge in [-0.2, -0.15) is 5.26 Å². The summed E-state index contributed by atoms with van der Waals surface area (Å²) in [7, 11) is 0. The fraction of sp³-hybridized carbons (Fsp3) is 0. The molecular weight excluding hydrogens is 321 g/mol. The van der Waals surface area contributed by atoms with Crippen molar-refractivity contribution < 1.29 is 4.79 Å². The Morgan fingerprint density at radius 3 is 2.23 bits per heavy atom. The highest BCUT2D eigenvalue weighted by atomic mass is 35.5. The Balaban J connectivity index is 2.09. The number of hydrogen-bond donors (Lipinski definition) is 2. The summed E-state index contributed by atoms with van der Waals surface area (Å²) in [5.41, 5.74) is 1.12. The van der Waals surface area contributed by atoms with E-state index in [4.69, 9.17) is 28.5 Å². The van der Waals surface area contributed by atoms with Crippen LogP contribution in [0.2, 0.25) is 10.0 Å². The number of nitrogens with zero attached hydrogens (tertiary/aromatic N) is 1. The van der Waals surface area contributed by atoms with Crippen molar-refractivity contribution in [1.29, 1.82) is 5.26 Å². The number of halogens is 2. The molecule has 0 saturated heterocycles. The van der Waals surface area contributed by atoms with Crippen molar-refractivity contribution in [1.82, 2.24) is 0 Å². The smallest absolute Gasteiger partial charge is 0.267 e. The molecular formula is C16H11Cl2N3O. The van der Waals surface area contributed by atoms with Crippen LogP contribution in [0.25, 0.3) is 0 Å². The molecule has 1 amide bonds. The first-order valence-corrected chi connectivity index (χ1v) is 7.03. The van der Waals surface area contributed by atoms with Gasteiger partial charge in [-0.15, -0.1) is 0 Å². The summed E-state index contributed by atoms with van der Waals surface area (Å²) in [6.45, 7) is 0. The molecule has 2 N–H and O–H groups in total. The third-order valence-corrected chi connectivity index (χ3v) is 3.13. The standard InChI is InChI=1S/C16H11Cl2N3O/c17-12-3-1-5-14(7-12)20-10-11(9-19)16(22)21-15-6-2-4-13(18)8-15/h1-8,10,20H,(H,21,22)/b11-10-. The van der Waals surface area contributed by atoms with E-state index in [1.54, 1.807) is 48.5 Å². The normalized spacial score (nSPS) is 10.7. The van der Waals surface area contributed by atoms with Crippen molar-refractivity contribution in [2.45, 2.75) is 0 Å². The summed E-state index contributed by atoms with van der Waals surface area (Å²) in [4.78, 5) is 12.0. The third-order valence-electron chi connectivity index (χ3n) is 2.66. The summed E-state index contributed by atoms with van der Waals surface area (Å²) in [5, 5.41) is 15.6. The molecule has 0 aliphatic heterocycles. The van der Waals surface area contributed by atoms with Gasteiger partial charge in [0.1, 0.15) is 11.6 Å². The van der Waals surface area contributed by atoms with Gasteiger partial charge >= 0.3 is 0 Å². The van der Waals surface area contributed by atoms with Crippen LogP contribution in [0, 0.1) is 11.3 Å². The van der Waals surface area contributed by atoms with Gasteiger partial charge in [-0.05, 0) is 36.4 Å². The maximum absolute atomic E-state index is 12.0. The van der Waals surface area contributed by atoms with Gasteiger partial charge in [0.2, 0.25) is 0 Å². The van der Waals surface area contributed by atoms with E-state index in [-0.39, 0.29) is 5.57 Å². The van der Waals surface area contributed by atoms with Gasteiger partial charge in [-0.3, -0.25) is 4.79 Å². The first-order valence-electron chi connectivity index (χ1n) is 6.28. The number of nitrogens with one attached hydrogen (secondary N) is 2. The highest BCUT2D eigenvalue weighted by Crippen LogP contribution is 2.17. The Labute approximate surface area is 138 Å². The molecule has 0 unspecified atom stereocenters. The first-order chi connectivity index (χ1) is 10.6. The fourth-order valence-corrected chi connectivity index (χ4v) is 2.03. The Morgan fingerprint density at radius 1 is 1.05 bits per heavy atom. The van der Waals surface area contributed by atoms with E-state index in [0.29, 0.717) is 21.4 Å². The topological polar surface area (TPSA) is 64.9 Å². The van der Waals surface area contributed by atoms with Gasteiger partial charge in [-0.1, -0.05) is 35.3 Å². The summed E-state index contributed by atoms with van der Waals surface area (Å²) in [6, 6.07) is 15.5. The van der Waals surface area contributed by atoms with E-state index in [0.717, 1.165) is 0 Å². The van der Waals surface area contributed by atoms with E-state index < -0.39 is 5.91 Å². The molecule has 6 heteroatoms. The van der Waals surface area contributed by atoms with Crippen molar-refractivity contribution in [2.75, 3.05) is 10.6 Å². The molecule has 0 fully saturated rings. The molecule has 22 heavy (non-hydrogen) atoms. The lowest BCUT2D eigenvalue weighted by Gasteiger charge is -2.05. The summed E-state index contributed by atoms with van der Waals surface area (Å²) >= 11 is 11.7. The summed E-state index contributed by atoms with van der Waals surface area (Å²) in [5.74, 6) is -0.528. The van der Waals surface area contributed by atoms with Crippen LogP contribution in [0.5, 0.6) is 0 Å². The minimum absolute atomic E-state index is 0.0695. The van der Waals surface area contributed by atoms with Gasteiger partial charge in [0.15, 0.2) is 0 Å². The molecule has 2 rings (SSSR count).